The Hall–Kier alpha value is -3.78. The Morgan fingerprint density at radius 2 is 1.92 bits per heavy atom. The molecule has 7 rings (SSSR count). The van der Waals surface area contributed by atoms with Crippen LogP contribution in [0.1, 0.15) is 65.6 Å². The minimum Gasteiger partial charge on any atom is -0.396 e. The zero-order valence-corrected chi connectivity index (χ0v) is 22.1. The summed E-state index contributed by atoms with van der Waals surface area (Å²) >= 11 is 0. The molecule has 200 valence electrons. The lowest BCUT2D eigenvalue weighted by atomic mass is 9.93. The molecule has 2 fully saturated rings. The molecule has 4 aromatic rings. The number of halogens is 1. The van der Waals surface area contributed by atoms with Crippen LogP contribution in [0.3, 0.4) is 0 Å². The van der Waals surface area contributed by atoms with Crippen LogP contribution in [0.15, 0.2) is 54.6 Å². The standard InChI is InChI=1S/C31H32FN5O2/c1-19-25-5-3-2-4-21(25)11-13-36(19)31(39)29-16-24-15-28(34-37(24)30(33-29)22-6-7-22)26-9-8-23(14-27(26)32)35-12-10-20(17-35)18-38/h2-5,8-9,14-16,19-20,22,38H,6-7,10-13,17-18H2,1H3/t19-,20+/m1/s1. The van der Waals surface area contributed by atoms with E-state index < -0.39 is 0 Å². The van der Waals surface area contributed by atoms with Crippen LogP contribution in [-0.2, 0) is 6.42 Å². The summed E-state index contributed by atoms with van der Waals surface area (Å²) in [5.74, 6) is 0.859. The van der Waals surface area contributed by atoms with Crippen LogP contribution in [0.2, 0.25) is 0 Å². The lowest BCUT2D eigenvalue weighted by Crippen LogP contribution is -2.39. The zero-order valence-electron chi connectivity index (χ0n) is 22.1. The van der Waals surface area contributed by atoms with Gasteiger partial charge in [0.1, 0.15) is 17.3 Å². The highest BCUT2D eigenvalue weighted by molar-refractivity contribution is 5.94. The largest absolute Gasteiger partial charge is 0.396 e. The summed E-state index contributed by atoms with van der Waals surface area (Å²) in [6, 6.07) is 17.2. The first-order chi connectivity index (χ1) is 19.0. The molecule has 0 bridgehead atoms. The van der Waals surface area contributed by atoms with Crippen molar-refractivity contribution in [2.75, 3.05) is 31.1 Å². The quantitative estimate of drug-likeness (QED) is 0.397. The van der Waals surface area contributed by atoms with E-state index in [2.05, 4.69) is 24.0 Å². The highest BCUT2D eigenvalue weighted by Crippen LogP contribution is 2.40. The Kier molecular flexibility index (Phi) is 5.88. The molecular formula is C31H32FN5O2. The fourth-order valence-corrected chi connectivity index (χ4v) is 6.19. The number of carbonyl (C=O) groups excluding carboxylic acids is 1. The van der Waals surface area contributed by atoms with Gasteiger partial charge >= 0.3 is 0 Å². The number of aliphatic hydroxyl groups is 1. The average molecular weight is 526 g/mol. The third-order valence-corrected chi connectivity index (χ3v) is 8.63. The highest BCUT2D eigenvalue weighted by atomic mass is 19.1. The number of hydrogen-bond donors (Lipinski definition) is 1. The Morgan fingerprint density at radius 3 is 2.69 bits per heavy atom. The van der Waals surface area contributed by atoms with Crippen molar-refractivity contribution >= 4 is 17.1 Å². The van der Waals surface area contributed by atoms with Crippen LogP contribution in [0.4, 0.5) is 10.1 Å². The molecule has 2 atom stereocenters. The van der Waals surface area contributed by atoms with Gasteiger partial charge in [-0.05, 0) is 74.1 Å². The molecule has 0 radical (unpaired) electrons. The van der Waals surface area contributed by atoms with Gasteiger partial charge in [0.15, 0.2) is 0 Å². The number of anilines is 1. The topological polar surface area (TPSA) is 74.0 Å². The van der Waals surface area contributed by atoms with Gasteiger partial charge in [-0.15, -0.1) is 0 Å². The fourth-order valence-electron chi connectivity index (χ4n) is 6.19. The molecule has 1 saturated heterocycles. The number of rotatable bonds is 5. The van der Waals surface area contributed by atoms with E-state index in [0.717, 1.165) is 55.8 Å². The molecule has 0 unspecified atom stereocenters. The van der Waals surface area contributed by atoms with Crippen LogP contribution in [0.5, 0.6) is 0 Å². The van der Waals surface area contributed by atoms with Crippen molar-refractivity contribution in [3.8, 4) is 11.3 Å². The second kappa shape index (κ2) is 9.45. The third kappa shape index (κ3) is 4.27. The van der Waals surface area contributed by atoms with Gasteiger partial charge in [-0.3, -0.25) is 4.79 Å². The summed E-state index contributed by atoms with van der Waals surface area (Å²) in [7, 11) is 0. The number of aromatic nitrogens is 3. The normalized spacial score (nSPS) is 21.0. The predicted octanol–water partition coefficient (Wildman–Crippen LogP) is 4.99. The number of aliphatic hydroxyl groups excluding tert-OH is 1. The van der Waals surface area contributed by atoms with Crippen LogP contribution in [-0.4, -0.2) is 56.8 Å². The predicted molar refractivity (Wildman–Crippen MR) is 147 cm³/mol. The molecule has 2 aliphatic heterocycles. The number of fused-ring (bicyclic) bond motifs is 2. The van der Waals surface area contributed by atoms with Gasteiger partial charge in [0.25, 0.3) is 5.91 Å². The summed E-state index contributed by atoms with van der Waals surface area (Å²) in [5.41, 5.74) is 5.43. The van der Waals surface area contributed by atoms with Gasteiger partial charge in [-0.2, -0.15) is 5.10 Å². The first-order valence-electron chi connectivity index (χ1n) is 14.0. The summed E-state index contributed by atoms with van der Waals surface area (Å²) in [6.45, 7) is 4.43. The lowest BCUT2D eigenvalue weighted by molar-refractivity contribution is 0.0671. The molecule has 1 aliphatic carbocycles. The highest BCUT2D eigenvalue weighted by Gasteiger charge is 2.33. The van der Waals surface area contributed by atoms with Gasteiger partial charge in [0.05, 0.1) is 17.3 Å². The van der Waals surface area contributed by atoms with Gasteiger partial charge in [-0.1, -0.05) is 24.3 Å². The van der Waals surface area contributed by atoms with E-state index in [1.165, 1.54) is 11.1 Å². The van der Waals surface area contributed by atoms with Crippen LogP contribution >= 0.6 is 0 Å². The minimum atomic E-state index is -0.332. The number of nitrogens with zero attached hydrogens (tertiary/aromatic N) is 5. The number of hydrogen-bond acceptors (Lipinski definition) is 5. The Labute approximate surface area is 226 Å². The van der Waals surface area contributed by atoms with E-state index in [9.17, 15) is 9.90 Å². The maximum Gasteiger partial charge on any atom is 0.273 e. The van der Waals surface area contributed by atoms with Crippen LogP contribution < -0.4 is 4.90 Å². The Balaban J connectivity index is 1.22. The van der Waals surface area contributed by atoms with Gasteiger partial charge in [-0.25, -0.2) is 13.9 Å². The van der Waals surface area contributed by atoms with Crippen molar-refractivity contribution in [2.24, 2.45) is 5.92 Å². The van der Waals surface area contributed by atoms with Gasteiger partial charge < -0.3 is 14.9 Å². The first-order valence-corrected chi connectivity index (χ1v) is 14.0. The molecule has 1 N–H and O–H groups in total. The minimum absolute atomic E-state index is 0.0267. The van der Waals surface area contributed by atoms with Crippen molar-refractivity contribution in [1.29, 1.82) is 0 Å². The molecule has 1 saturated carbocycles. The molecule has 4 heterocycles. The lowest BCUT2D eigenvalue weighted by Gasteiger charge is -2.35. The molecule has 3 aliphatic rings. The SMILES string of the molecule is C[C@@H]1c2ccccc2CCN1C(=O)c1cc2cc(-c3ccc(N4CC[C@H](CO)C4)cc3F)nn2c(C2CC2)n1. The van der Waals surface area contributed by atoms with Crippen LogP contribution in [0.25, 0.3) is 16.8 Å². The monoisotopic (exact) mass is 525 g/mol. The maximum absolute atomic E-state index is 15.4. The van der Waals surface area contributed by atoms with E-state index in [1.54, 1.807) is 22.7 Å². The van der Waals surface area contributed by atoms with Crippen molar-refractivity contribution in [1.82, 2.24) is 19.5 Å². The second-order valence-electron chi connectivity index (χ2n) is 11.2. The molecule has 1 amide bonds. The first kappa shape index (κ1) is 24.3. The summed E-state index contributed by atoms with van der Waals surface area (Å²) in [6.07, 6.45) is 3.76. The van der Waals surface area contributed by atoms with Crippen molar-refractivity contribution < 1.29 is 14.3 Å². The van der Waals surface area contributed by atoms with Crippen molar-refractivity contribution in [2.45, 2.75) is 44.6 Å². The Morgan fingerprint density at radius 1 is 1.08 bits per heavy atom. The molecular weight excluding hydrogens is 493 g/mol. The number of carbonyl (C=O) groups is 1. The molecule has 2 aromatic carbocycles. The average Bonchev–Trinajstić information content (AvgIpc) is 3.52. The molecule has 2 aromatic heterocycles. The summed E-state index contributed by atoms with van der Waals surface area (Å²) in [5, 5.41) is 14.2. The van der Waals surface area contributed by atoms with Crippen LogP contribution in [0, 0.1) is 11.7 Å². The summed E-state index contributed by atoms with van der Waals surface area (Å²) in [4.78, 5) is 22.6. The van der Waals surface area contributed by atoms with E-state index in [0.29, 0.717) is 23.5 Å². The van der Waals surface area contributed by atoms with Gasteiger partial charge in [0, 0.05) is 49.3 Å². The fraction of sp³-hybridized carbons (Fsp3) is 0.387. The molecule has 39 heavy (non-hydrogen) atoms. The Bertz CT molecular complexity index is 1580. The molecule has 8 heteroatoms. The van der Waals surface area contributed by atoms with E-state index >= 15 is 4.39 Å². The van der Waals surface area contributed by atoms with Crippen molar-refractivity contribution in [3.05, 3.63) is 83.1 Å². The maximum atomic E-state index is 15.4. The summed E-state index contributed by atoms with van der Waals surface area (Å²) < 4.78 is 17.2. The zero-order chi connectivity index (χ0) is 26.7. The second-order valence-corrected chi connectivity index (χ2v) is 11.2. The smallest absolute Gasteiger partial charge is 0.273 e. The number of amides is 1. The molecule has 7 nitrogen and oxygen atoms in total. The number of benzene rings is 2. The van der Waals surface area contributed by atoms with Gasteiger partial charge in [0.2, 0.25) is 0 Å². The third-order valence-electron chi connectivity index (χ3n) is 8.63. The van der Waals surface area contributed by atoms with E-state index in [-0.39, 0.29) is 36.2 Å². The van der Waals surface area contributed by atoms with E-state index in [1.807, 2.05) is 29.2 Å². The molecule has 0 spiro atoms. The van der Waals surface area contributed by atoms with E-state index in [4.69, 9.17) is 10.1 Å². The van der Waals surface area contributed by atoms with Crippen molar-refractivity contribution in [3.63, 3.8) is 0 Å².